The van der Waals surface area contributed by atoms with Gasteiger partial charge in [0.1, 0.15) is 17.3 Å². The van der Waals surface area contributed by atoms with Crippen LogP contribution in [0.3, 0.4) is 0 Å². The molecule has 0 saturated carbocycles. The molecule has 4 rings (SSSR count). The Morgan fingerprint density at radius 3 is 2.42 bits per heavy atom. The van der Waals surface area contributed by atoms with Crippen LogP contribution in [0, 0.1) is 11.7 Å². The number of rotatable bonds is 8. The van der Waals surface area contributed by atoms with Gasteiger partial charge in [-0.15, -0.1) is 0 Å². The number of halogens is 1. The van der Waals surface area contributed by atoms with Crippen LogP contribution in [0.2, 0.25) is 0 Å². The zero-order valence-electron chi connectivity index (χ0n) is 20.9. The van der Waals surface area contributed by atoms with Crippen molar-refractivity contribution in [3.8, 4) is 11.5 Å². The Kier molecular flexibility index (Phi) is 8.20. The first kappa shape index (κ1) is 25.6. The molecule has 0 aliphatic carbocycles. The molecule has 2 aromatic rings. The number of nitrogens with zero attached hydrogens (tertiary/aromatic N) is 3. The summed E-state index contributed by atoms with van der Waals surface area (Å²) in [5.74, 6) is 0.479. The fourth-order valence-electron chi connectivity index (χ4n) is 4.74. The lowest BCUT2D eigenvalue weighted by atomic mass is 9.96. The van der Waals surface area contributed by atoms with Crippen molar-refractivity contribution in [3.63, 3.8) is 0 Å². The van der Waals surface area contributed by atoms with Gasteiger partial charge in [0.25, 0.3) is 5.91 Å². The molecule has 36 heavy (non-hydrogen) atoms. The normalized spacial score (nSPS) is 18.6. The summed E-state index contributed by atoms with van der Waals surface area (Å²) in [5, 5.41) is 6.22. The van der Waals surface area contributed by atoms with E-state index in [4.69, 9.17) is 19.3 Å². The number of hydrazone groups is 1. The predicted molar refractivity (Wildman–Crippen MR) is 132 cm³/mol. The number of methoxy groups -OCH3 is 2. The lowest BCUT2D eigenvalue weighted by Gasteiger charge is -2.31. The molecule has 0 unspecified atom stereocenters. The van der Waals surface area contributed by atoms with Crippen molar-refractivity contribution in [2.24, 2.45) is 11.0 Å². The highest BCUT2D eigenvalue weighted by Crippen LogP contribution is 2.36. The number of carbonyl (C=O) groups excluding carboxylic acids is 2. The van der Waals surface area contributed by atoms with Gasteiger partial charge in [0.15, 0.2) is 0 Å². The average molecular weight is 498 g/mol. The van der Waals surface area contributed by atoms with E-state index in [1.807, 2.05) is 17.0 Å². The van der Waals surface area contributed by atoms with Crippen LogP contribution < -0.4 is 9.47 Å². The third kappa shape index (κ3) is 5.67. The number of piperidine rings is 1. The van der Waals surface area contributed by atoms with Crippen LogP contribution in [-0.2, 0) is 14.3 Å². The molecular formula is C27H32FN3O5. The number of ether oxygens (including phenoxy) is 3. The van der Waals surface area contributed by atoms with Gasteiger partial charge in [0, 0.05) is 18.1 Å². The maximum absolute atomic E-state index is 13.6. The monoisotopic (exact) mass is 497 g/mol. The minimum Gasteiger partial charge on any atom is -0.497 e. The lowest BCUT2D eigenvalue weighted by molar-refractivity contribution is -0.149. The second-order valence-electron chi connectivity index (χ2n) is 8.93. The molecule has 192 valence electrons. The first-order valence-electron chi connectivity index (χ1n) is 12.2. The highest BCUT2D eigenvalue weighted by Gasteiger charge is 2.35. The summed E-state index contributed by atoms with van der Waals surface area (Å²) >= 11 is 0. The highest BCUT2D eigenvalue weighted by molar-refractivity contribution is 6.05. The Labute approximate surface area is 210 Å². The number of hydrogen-bond acceptors (Lipinski definition) is 7. The van der Waals surface area contributed by atoms with E-state index in [2.05, 4.69) is 0 Å². The van der Waals surface area contributed by atoms with E-state index in [0.717, 1.165) is 11.1 Å². The van der Waals surface area contributed by atoms with E-state index in [9.17, 15) is 14.0 Å². The van der Waals surface area contributed by atoms with Gasteiger partial charge in [0.05, 0.1) is 45.0 Å². The molecule has 0 aromatic heterocycles. The minimum absolute atomic E-state index is 0.123. The smallest absolute Gasteiger partial charge is 0.309 e. The largest absolute Gasteiger partial charge is 0.497 e. The summed E-state index contributed by atoms with van der Waals surface area (Å²) in [6.45, 7) is 3.62. The SMILES string of the molecule is CCOC(=O)C1CCN(CC(=O)N2N=C(c3ccc(OC)cc3OC)C[C@H]2c2ccc(F)cc2)CC1. The third-order valence-electron chi connectivity index (χ3n) is 6.71. The van der Waals surface area contributed by atoms with E-state index in [-0.39, 0.29) is 36.2 Å². The number of likely N-dealkylation sites (tertiary alicyclic amines) is 1. The Hall–Kier alpha value is -3.46. The van der Waals surface area contributed by atoms with E-state index >= 15 is 0 Å². The Morgan fingerprint density at radius 2 is 1.78 bits per heavy atom. The fourth-order valence-corrected chi connectivity index (χ4v) is 4.74. The van der Waals surface area contributed by atoms with Crippen molar-refractivity contribution >= 4 is 17.6 Å². The molecule has 2 aliphatic heterocycles. The number of hydrogen-bond donors (Lipinski definition) is 0. The quantitative estimate of drug-likeness (QED) is 0.516. The number of esters is 1. The van der Waals surface area contributed by atoms with Crippen LogP contribution in [0.1, 0.15) is 43.4 Å². The minimum atomic E-state index is -0.364. The van der Waals surface area contributed by atoms with Crippen molar-refractivity contribution in [3.05, 3.63) is 59.4 Å². The average Bonchev–Trinajstić information content (AvgIpc) is 3.34. The second kappa shape index (κ2) is 11.5. The topological polar surface area (TPSA) is 80.7 Å². The molecule has 8 nitrogen and oxygen atoms in total. The Morgan fingerprint density at radius 1 is 1.06 bits per heavy atom. The summed E-state index contributed by atoms with van der Waals surface area (Å²) in [6.07, 6.45) is 1.78. The third-order valence-corrected chi connectivity index (χ3v) is 6.71. The van der Waals surface area contributed by atoms with Gasteiger partial charge in [-0.25, -0.2) is 9.40 Å². The molecule has 0 spiro atoms. The van der Waals surface area contributed by atoms with E-state index in [1.165, 1.54) is 17.1 Å². The first-order valence-corrected chi connectivity index (χ1v) is 12.2. The summed E-state index contributed by atoms with van der Waals surface area (Å²) in [6, 6.07) is 11.3. The second-order valence-corrected chi connectivity index (χ2v) is 8.93. The molecule has 9 heteroatoms. The first-order chi connectivity index (χ1) is 17.4. The van der Waals surface area contributed by atoms with E-state index < -0.39 is 0 Å². The van der Waals surface area contributed by atoms with Crippen molar-refractivity contribution < 1.29 is 28.2 Å². The van der Waals surface area contributed by atoms with Crippen LogP contribution in [0.5, 0.6) is 11.5 Å². The molecule has 1 atom stereocenters. The summed E-state index contributed by atoms with van der Waals surface area (Å²) in [4.78, 5) is 27.6. The fraction of sp³-hybridized carbons (Fsp3) is 0.444. The molecule has 2 heterocycles. The Balaban J connectivity index is 1.54. The standard InChI is InChI=1S/C27H32FN3O5/c1-4-36-27(33)19-11-13-30(14-12-19)17-26(32)31-24(18-5-7-20(28)8-6-18)16-23(29-31)22-10-9-21(34-2)15-25(22)35-3/h5-10,15,19,24H,4,11-14,16-17H2,1-3H3/t24-/m0/s1. The molecule has 2 aromatic carbocycles. The number of carbonyl (C=O) groups is 2. The zero-order chi connectivity index (χ0) is 25.7. The van der Waals surface area contributed by atoms with Crippen molar-refractivity contribution in [1.82, 2.24) is 9.91 Å². The molecule has 1 fully saturated rings. The maximum atomic E-state index is 13.6. The van der Waals surface area contributed by atoms with E-state index in [1.54, 1.807) is 39.3 Å². The summed E-state index contributed by atoms with van der Waals surface area (Å²) in [5.41, 5.74) is 2.28. The van der Waals surface area contributed by atoms with Crippen LogP contribution in [0.4, 0.5) is 4.39 Å². The molecule has 0 radical (unpaired) electrons. The number of amides is 1. The van der Waals surface area contributed by atoms with E-state index in [0.29, 0.717) is 56.2 Å². The van der Waals surface area contributed by atoms with Crippen LogP contribution in [-0.4, -0.2) is 68.0 Å². The molecule has 0 bridgehead atoms. The van der Waals surface area contributed by atoms with Gasteiger partial charge >= 0.3 is 5.97 Å². The van der Waals surface area contributed by atoms with Crippen molar-refractivity contribution in [2.45, 2.75) is 32.2 Å². The van der Waals surface area contributed by atoms with Gasteiger partial charge in [-0.1, -0.05) is 12.1 Å². The Bertz CT molecular complexity index is 1110. The molecular weight excluding hydrogens is 465 g/mol. The maximum Gasteiger partial charge on any atom is 0.309 e. The molecule has 1 saturated heterocycles. The van der Waals surface area contributed by atoms with Gasteiger partial charge < -0.3 is 14.2 Å². The molecule has 0 N–H and O–H groups in total. The lowest BCUT2D eigenvalue weighted by Crippen LogP contribution is -2.43. The number of benzene rings is 2. The highest BCUT2D eigenvalue weighted by atomic mass is 19.1. The van der Waals surface area contributed by atoms with Gasteiger partial charge in [-0.2, -0.15) is 5.10 Å². The van der Waals surface area contributed by atoms with Crippen LogP contribution >= 0.6 is 0 Å². The van der Waals surface area contributed by atoms with Gasteiger partial charge in [0.2, 0.25) is 0 Å². The van der Waals surface area contributed by atoms with Crippen LogP contribution in [0.25, 0.3) is 0 Å². The van der Waals surface area contributed by atoms with Gasteiger partial charge in [-0.05, 0) is 62.7 Å². The predicted octanol–water partition coefficient (Wildman–Crippen LogP) is 3.80. The van der Waals surface area contributed by atoms with Crippen molar-refractivity contribution in [1.29, 1.82) is 0 Å². The summed E-state index contributed by atoms with van der Waals surface area (Å²) in [7, 11) is 3.16. The van der Waals surface area contributed by atoms with Crippen molar-refractivity contribution in [2.75, 3.05) is 40.5 Å². The van der Waals surface area contributed by atoms with Gasteiger partial charge in [-0.3, -0.25) is 14.5 Å². The molecule has 2 aliphatic rings. The van der Waals surface area contributed by atoms with Crippen LogP contribution in [0.15, 0.2) is 47.6 Å². The zero-order valence-corrected chi connectivity index (χ0v) is 20.9. The summed E-state index contributed by atoms with van der Waals surface area (Å²) < 4.78 is 29.6. The molecule has 1 amide bonds.